The number of benzene rings is 2. The van der Waals surface area contributed by atoms with Crippen LogP contribution in [0.4, 0.5) is 11.4 Å². The number of ether oxygens (including phenoxy) is 1. The molecule has 28 heavy (non-hydrogen) atoms. The molecule has 2 N–H and O–H groups in total. The summed E-state index contributed by atoms with van der Waals surface area (Å²) in [6, 6.07) is 14.5. The Hall–Kier alpha value is -3.02. The molecule has 2 aromatic rings. The van der Waals surface area contributed by atoms with Crippen LogP contribution in [0.5, 0.6) is 5.75 Å². The lowest BCUT2D eigenvalue weighted by atomic mass is 10.0. The summed E-state index contributed by atoms with van der Waals surface area (Å²) in [6.07, 6.45) is 3.24. The van der Waals surface area contributed by atoms with Crippen LogP contribution >= 0.6 is 0 Å². The number of amides is 2. The molecule has 1 atom stereocenters. The average Bonchev–Trinajstić information content (AvgIpc) is 2.72. The van der Waals surface area contributed by atoms with Crippen LogP contribution in [-0.2, 0) is 9.59 Å². The summed E-state index contributed by atoms with van der Waals surface area (Å²) in [5, 5.41) is 6.13. The smallest absolute Gasteiger partial charge is 0.249 e. The van der Waals surface area contributed by atoms with Gasteiger partial charge in [-0.25, -0.2) is 0 Å². The van der Waals surface area contributed by atoms with Gasteiger partial charge in [0.2, 0.25) is 11.8 Å². The van der Waals surface area contributed by atoms with E-state index in [2.05, 4.69) is 10.6 Å². The van der Waals surface area contributed by atoms with Crippen molar-refractivity contribution >= 4 is 23.2 Å². The highest BCUT2D eigenvalue weighted by molar-refractivity contribution is 5.90. The second kappa shape index (κ2) is 9.26. The Kier molecular flexibility index (Phi) is 6.53. The van der Waals surface area contributed by atoms with Gasteiger partial charge in [0.1, 0.15) is 11.8 Å². The van der Waals surface area contributed by atoms with E-state index in [4.69, 9.17) is 4.74 Å². The molecule has 1 aliphatic rings. The van der Waals surface area contributed by atoms with E-state index in [1.54, 1.807) is 25.3 Å². The van der Waals surface area contributed by atoms with E-state index in [1.165, 1.54) is 13.3 Å². The number of likely N-dealkylation sites (tertiary alicyclic amines) is 1. The van der Waals surface area contributed by atoms with Gasteiger partial charge >= 0.3 is 0 Å². The average molecular weight is 381 g/mol. The Morgan fingerprint density at radius 2 is 1.75 bits per heavy atom. The van der Waals surface area contributed by atoms with Crippen molar-refractivity contribution in [1.82, 2.24) is 4.90 Å². The first-order valence-electron chi connectivity index (χ1n) is 9.64. The summed E-state index contributed by atoms with van der Waals surface area (Å²) in [7, 11) is 1.59. The normalized spacial score (nSPS) is 14.9. The van der Waals surface area contributed by atoms with Gasteiger partial charge in [0.15, 0.2) is 0 Å². The minimum atomic E-state index is -0.527. The lowest BCUT2D eigenvalue weighted by Gasteiger charge is -2.31. The van der Waals surface area contributed by atoms with E-state index in [0.717, 1.165) is 31.5 Å². The van der Waals surface area contributed by atoms with Gasteiger partial charge in [0.25, 0.3) is 0 Å². The van der Waals surface area contributed by atoms with E-state index in [0.29, 0.717) is 17.1 Å². The van der Waals surface area contributed by atoms with E-state index in [-0.39, 0.29) is 11.8 Å². The van der Waals surface area contributed by atoms with Crippen LogP contribution in [0, 0.1) is 0 Å². The fourth-order valence-electron chi connectivity index (χ4n) is 3.49. The Bertz CT molecular complexity index is 817. The van der Waals surface area contributed by atoms with Crippen molar-refractivity contribution in [2.45, 2.75) is 32.2 Å². The number of hydrogen-bond acceptors (Lipinski definition) is 4. The minimum Gasteiger partial charge on any atom is -0.495 e. The van der Waals surface area contributed by atoms with Gasteiger partial charge in [-0.3, -0.25) is 9.59 Å². The number of piperidine rings is 1. The summed E-state index contributed by atoms with van der Waals surface area (Å²) >= 11 is 0. The lowest BCUT2D eigenvalue weighted by molar-refractivity contribution is -0.133. The number of methoxy groups -OCH3 is 1. The van der Waals surface area contributed by atoms with Crippen molar-refractivity contribution in [2.24, 2.45) is 0 Å². The molecule has 0 saturated carbocycles. The monoisotopic (exact) mass is 381 g/mol. The number of carbonyl (C=O) groups is 2. The van der Waals surface area contributed by atoms with Crippen molar-refractivity contribution < 1.29 is 14.3 Å². The van der Waals surface area contributed by atoms with E-state index in [1.807, 2.05) is 35.2 Å². The molecule has 0 spiro atoms. The summed E-state index contributed by atoms with van der Waals surface area (Å²) in [5.74, 6) is 0.513. The SMILES string of the molecule is COc1ccc(NC(C)=O)cc1NC(C(=O)N1CCCCC1)c1ccccc1. The number of rotatable bonds is 6. The van der Waals surface area contributed by atoms with Gasteiger partial charge in [-0.1, -0.05) is 30.3 Å². The predicted octanol–water partition coefficient (Wildman–Crippen LogP) is 3.82. The molecule has 148 valence electrons. The summed E-state index contributed by atoms with van der Waals surface area (Å²) in [5.41, 5.74) is 2.20. The molecule has 1 aliphatic heterocycles. The summed E-state index contributed by atoms with van der Waals surface area (Å²) < 4.78 is 5.47. The van der Waals surface area contributed by atoms with Crippen LogP contribution in [0.3, 0.4) is 0 Å². The molecular formula is C22H27N3O3. The highest BCUT2D eigenvalue weighted by Crippen LogP contribution is 2.32. The van der Waals surface area contributed by atoms with Gasteiger partial charge in [0, 0.05) is 25.7 Å². The van der Waals surface area contributed by atoms with Crippen LogP contribution in [-0.4, -0.2) is 36.9 Å². The van der Waals surface area contributed by atoms with E-state index in [9.17, 15) is 9.59 Å². The zero-order chi connectivity index (χ0) is 19.9. The van der Waals surface area contributed by atoms with Crippen molar-refractivity contribution in [2.75, 3.05) is 30.8 Å². The third-order valence-electron chi connectivity index (χ3n) is 4.87. The van der Waals surface area contributed by atoms with Crippen LogP contribution in [0.2, 0.25) is 0 Å². The van der Waals surface area contributed by atoms with Crippen LogP contribution in [0.25, 0.3) is 0 Å². The maximum Gasteiger partial charge on any atom is 0.249 e. The first-order valence-corrected chi connectivity index (χ1v) is 9.64. The van der Waals surface area contributed by atoms with Crippen molar-refractivity contribution in [3.63, 3.8) is 0 Å². The molecule has 2 amide bonds. The molecule has 1 saturated heterocycles. The molecule has 0 aromatic heterocycles. The third-order valence-corrected chi connectivity index (χ3v) is 4.87. The number of anilines is 2. The second-order valence-electron chi connectivity index (χ2n) is 6.97. The molecule has 1 fully saturated rings. The van der Waals surface area contributed by atoms with Crippen LogP contribution in [0.15, 0.2) is 48.5 Å². The highest BCUT2D eigenvalue weighted by atomic mass is 16.5. The topological polar surface area (TPSA) is 70.7 Å². The highest BCUT2D eigenvalue weighted by Gasteiger charge is 2.27. The molecule has 6 nitrogen and oxygen atoms in total. The Balaban J connectivity index is 1.92. The standard InChI is InChI=1S/C22H27N3O3/c1-16(26)23-18-11-12-20(28-2)19(15-18)24-21(17-9-5-3-6-10-17)22(27)25-13-7-4-8-14-25/h3,5-6,9-12,15,21,24H,4,7-8,13-14H2,1-2H3,(H,23,26). The van der Waals surface area contributed by atoms with E-state index < -0.39 is 6.04 Å². The van der Waals surface area contributed by atoms with Crippen molar-refractivity contribution in [1.29, 1.82) is 0 Å². The Morgan fingerprint density at radius 3 is 2.39 bits per heavy atom. The fraction of sp³-hybridized carbons (Fsp3) is 0.364. The Morgan fingerprint density at radius 1 is 1.04 bits per heavy atom. The molecule has 6 heteroatoms. The quantitative estimate of drug-likeness (QED) is 0.798. The number of carbonyl (C=O) groups excluding carboxylic acids is 2. The van der Waals surface area contributed by atoms with Gasteiger partial charge < -0.3 is 20.3 Å². The molecule has 1 unspecified atom stereocenters. The summed E-state index contributed by atoms with van der Waals surface area (Å²) in [6.45, 7) is 3.03. The van der Waals surface area contributed by atoms with Gasteiger partial charge in [-0.05, 0) is 43.0 Å². The van der Waals surface area contributed by atoms with Crippen LogP contribution in [0.1, 0.15) is 37.8 Å². The van der Waals surface area contributed by atoms with Gasteiger partial charge in [-0.2, -0.15) is 0 Å². The molecule has 1 heterocycles. The number of nitrogens with one attached hydrogen (secondary N) is 2. The molecule has 0 radical (unpaired) electrons. The zero-order valence-electron chi connectivity index (χ0n) is 16.4. The maximum atomic E-state index is 13.3. The minimum absolute atomic E-state index is 0.0536. The number of hydrogen-bond donors (Lipinski definition) is 2. The van der Waals surface area contributed by atoms with Gasteiger partial charge in [0.05, 0.1) is 12.8 Å². The van der Waals surface area contributed by atoms with Crippen molar-refractivity contribution in [3.05, 3.63) is 54.1 Å². The first kappa shape index (κ1) is 19.7. The Labute approximate surface area is 165 Å². The predicted molar refractivity (Wildman–Crippen MR) is 111 cm³/mol. The number of nitrogens with zero attached hydrogens (tertiary/aromatic N) is 1. The molecule has 2 aromatic carbocycles. The van der Waals surface area contributed by atoms with Crippen molar-refractivity contribution in [3.8, 4) is 5.75 Å². The molecular weight excluding hydrogens is 354 g/mol. The third kappa shape index (κ3) is 4.82. The maximum absolute atomic E-state index is 13.3. The lowest BCUT2D eigenvalue weighted by Crippen LogP contribution is -2.41. The van der Waals surface area contributed by atoms with Gasteiger partial charge in [-0.15, -0.1) is 0 Å². The zero-order valence-corrected chi connectivity index (χ0v) is 16.4. The van der Waals surface area contributed by atoms with Crippen LogP contribution < -0.4 is 15.4 Å². The fourth-order valence-corrected chi connectivity index (χ4v) is 3.49. The molecule has 3 rings (SSSR count). The molecule has 0 bridgehead atoms. The second-order valence-corrected chi connectivity index (χ2v) is 6.97. The van der Waals surface area contributed by atoms with E-state index >= 15 is 0 Å². The molecule has 0 aliphatic carbocycles. The summed E-state index contributed by atoms with van der Waals surface area (Å²) in [4.78, 5) is 26.7. The first-order chi connectivity index (χ1) is 13.6. The largest absolute Gasteiger partial charge is 0.495 e.